The number of aryl methyl sites for hydroxylation is 1. The van der Waals surface area contributed by atoms with Crippen LogP contribution in [0.1, 0.15) is 42.1 Å². The van der Waals surface area contributed by atoms with Crippen LogP contribution in [0, 0.1) is 0 Å². The van der Waals surface area contributed by atoms with Crippen LogP contribution >= 0.6 is 11.6 Å². The molecule has 0 amide bonds. The number of fused-ring (bicyclic) bond motifs is 3. The molecule has 0 atom stereocenters. The molecule has 5 rings (SSSR count). The normalized spacial score (nSPS) is 17.6. The van der Waals surface area contributed by atoms with Crippen molar-refractivity contribution in [2.24, 2.45) is 0 Å². The van der Waals surface area contributed by atoms with E-state index in [4.69, 9.17) is 11.6 Å². The first kappa shape index (κ1) is 18.8. The molecule has 0 spiro atoms. The third-order valence-corrected chi connectivity index (χ3v) is 6.67. The molecule has 4 nitrogen and oxygen atoms in total. The summed E-state index contributed by atoms with van der Waals surface area (Å²) in [6.07, 6.45) is 5.66. The smallest absolute Gasteiger partial charge is 0.164 e. The molecule has 1 aromatic heterocycles. The third kappa shape index (κ3) is 3.96. The highest BCUT2D eigenvalue weighted by Crippen LogP contribution is 2.34. The van der Waals surface area contributed by atoms with E-state index in [1.165, 1.54) is 17.0 Å². The van der Waals surface area contributed by atoms with Gasteiger partial charge in [0.05, 0.1) is 0 Å². The van der Waals surface area contributed by atoms with Crippen LogP contribution in [0.25, 0.3) is 11.4 Å². The van der Waals surface area contributed by atoms with Gasteiger partial charge < -0.3 is 9.47 Å². The summed E-state index contributed by atoms with van der Waals surface area (Å²) in [6.45, 7) is 4.42. The third-order valence-electron chi connectivity index (χ3n) is 6.43. The molecule has 3 aromatic rings. The lowest BCUT2D eigenvalue weighted by Crippen LogP contribution is -2.35. The van der Waals surface area contributed by atoms with Crippen LogP contribution in [-0.4, -0.2) is 39.3 Å². The van der Waals surface area contributed by atoms with Gasteiger partial charge in [0, 0.05) is 29.6 Å². The molecule has 0 radical (unpaired) electrons. The molecule has 2 aliphatic heterocycles. The number of likely N-dealkylation sites (tertiary alicyclic amines) is 1. The van der Waals surface area contributed by atoms with E-state index < -0.39 is 0 Å². The number of hydrogen-bond donors (Lipinski definition) is 0. The Bertz CT molecular complexity index is 974. The number of nitrogens with zero attached hydrogens (tertiary/aromatic N) is 4. The Morgan fingerprint density at radius 2 is 1.79 bits per heavy atom. The van der Waals surface area contributed by atoms with Crippen LogP contribution in [0.3, 0.4) is 0 Å². The first-order valence-corrected chi connectivity index (χ1v) is 11.1. The summed E-state index contributed by atoms with van der Waals surface area (Å²) in [4.78, 5) is 2.60. The van der Waals surface area contributed by atoms with Gasteiger partial charge in [-0.1, -0.05) is 48.0 Å². The fourth-order valence-corrected chi connectivity index (χ4v) is 4.96. The maximum Gasteiger partial charge on any atom is 0.164 e. The van der Waals surface area contributed by atoms with Gasteiger partial charge in [0.25, 0.3) is 0 Å². The standard InChI is InChI=1S/C24H27ClN4/c25-21-9-8-19-7-4-13-29-23(26-27-24(29)22(19)17-21)20-11-15-28(16-12-20)14-10-18-5-2-1-3-6-18/h1-3,5-6,8-9,17,20H,4,7,10-16H2. The molecule has 0 bridgehead atoms. The van der Waals surface area contributed by atoms with Crippen molar-refractivity contribution in [3.05, 3.63) is 70.5 Å². The minimum Gasteiger partial charge on any atom is -0.311 e. The van der Waals surface area contributed by atoms with Crippen LogP contribution < -0.4 is 0 Å². The number of piperidine rings is 1. The number of hydrogen-bond acceptors (Lipinski definition) is 3. The van der Waals surface area contributed by atoms with Crippen molar-refractivity contribution in [1.29, 1.82) is 0 Å². The SMILES string of the molecule is Clc1ccc2c(c1)-c1nnc(C3CCN(CCc4ccccc4)CC3)n1CCC2. The molecular weight excluding hydrogens is 380 g/mol. The highest BCUT2D eigenvalue weighted by Gasteiger charge is 2.28. The number of aromatic nitrogens is 3. The van der Waals surface area contributed by atoms with Gasteiger partial charge in [-0.3, -0.25) is 0 Å². The Morgan fingerprint density at radius 1 is 0.966 bits per heavy atom. The monoisotopic (exact) mass is 406 g/mol. The molecule has 2 aromatic carbocycles. The quantitative estimate of drug-likeness (QED) is 0.613. The molecule has 29 heavy (non-hydrogen) atoms. The molecule has 5 heteroatoms. The van der Waals surface area contributed by atoms with Crippen molar-refractivity contribution in [2.75, 3.05) is 19.6 Å². The lowest BCUT2D eigenvalue weighted by Gasteiger charge is -2.31. The second kappa shape index (κ2) is 8.29. The lowest BCUT2D eigenvalue weighted by atomic mass is 9.95. The Labute approximate surface area is 177 Å². The van der Waals surface area contributed by atoms with Crippen LogP contribution in [0.5, 0.6) is 0 Å². The summed E-state index contributed by atoms with van der Waals surface area (Å²) >= 11 is 6.28. The fourth-order valence-electron chi connectivity index (χ4n) is 4.79. The van der Waals surface area contributed by atoms with Gasteiger partial charge in [-0.25, -0.2) is 0 Å². The maximum absolute atomic E-state index is 6.28. The Hall–Kier alpha value is -2.17. The molecule has 3 heterocycles. The van der Waals surface area contributed by atoms with Gasteiger partial charge >= 0.3 is 0 Å². The van der Waals surface area contributed by atoms with Gasteiger partial charge in [-0.2, -0.15) is 0 Å². The van der Waals surface area contributed by atoms with Gasteiger partial charge in [0.1, 0.15) is 5.82 Å². The van der Waals surface area contributed by atoms with Crippen LogP contribution in [0.4, 0.5) is 0 Å². The van der Waals surface area contributed by atoms with E-state index >= 15 is 0 Å². The summed E-state index contributed by atoms with van der Waals surface area (Å²) in [5.41, 5.74) is 3.92. The predicted octanol–water partition coefficient (Wildman–Crippen LogP) is 4.97. The van der Waals surface area contributed by atoms with E-state index in [0.717, 1.165) is 74.7 Å². The summed E-state index contributed by atoms with van der Waals surface area (Å²) in [5, 5.41) is 10.0. The Balaban J connectivity index is 1.28. The molecule has 0 unspecified atom stereocenters. The maximum atomic E-state index is 6.28. The molecular formula is C24H27ClN4. The Morgan fingerprint density at radius 3 is 2.62 bits per heavy atom. The molecule has 150 valence electrons. The molecule has 1 fully saturated rings. The van der Waals surface area contributed by atoms with E-state index in [1.54, 1.807) is 0 Å². The van der Waals surface area contributed by atoms with Crippen LogP contribution in [0.2, 0.25) is 5.02 Å². The van der Waals surface area contributed by atoms with Crippen molar-refractivity contribution in [2.45, 2.75) is 44.6 Å². The number of rotatable bonds is 4. The minimum absolute atomic E-state index is 0.505. The zero-order valence-electron chi connectivity index (χ0n) is 16.7. The van der Waals surface area contributed by atoms with Crippen LogP contribution in [0.15, 0.2) is 48.5 Å². The lowest BCUT2D eigenvalue weighted by molar-refractivity contribution is 0.209. The van der Waals surface area contributed by atoms with Gasteiger partial charge in [0.2, 0.25) is 0 Å². The average Bonchev–Trinajstić information content (AvgIpc) is 3.10. The highest BCUT2D eigenvalue weighted by molar-refractivity contribution is 6.30. The van der Waals surface area contributed by atoms with E-state index in [9.17, 15) is 0 Å². The van der Waals surface area contributed by atoms with Crippen LogP contribution in [-0.2, 0) is 19.4 Å². The predicted molar refractivity (Wildman–Crippen MR) is 117 cm³/mol. The topological polar surface area (TPSA) is 34.0 Å². The molecule has 0 saturated carbocycles. The van der Waals surface area contributed by atoms with Gasteiger partial charge in [-0.15, -0.1) is 10.2 Å². The van der Waals surface area contributed by atoms with E-state index in [-0.39, 0.29) is 0 Å². The van der Waals surface area contributed by atoms with E-state index in [0.29, 0.717) is 5.92 Å². The van der Waals surface area contributed by atoms with Crippen molar-refractivity contribution in [1.82, 2.24) is 19.7 Å². The largest absolute Gasteiger partial charge is 0.311 e. The molecule has 2 aliphatic rings. The summed E-state index contributed by atoms with van der Waals surface area (Å²) in [6, 6.07) is 17.0. The van der Waals surface area contributed by atoms with E-state index in [1.807, 2.05) is 6.07 Å². The first-order valence-electron chi connectivity index (χ1n) is 10.8. The first-order chi connectivity index (χ1) is 14.3. The minimum atomic E-state index is 0.505. The molecule has 0 aliphatic carbocycles. The van der Waals surface area contributed by atoms with Gasteiger partial charge in [-0.05, 0) is 68.5 Å². The zero-order chi connectivity index (χ0) is 19.6. The Kier molecular flexibility index (Phi) is 5.38. The number of benzene rings is 2. The van der Waals surface area contributed by atoms with Crippen molar-refractivity contribution in [3.8, 4) is 11.4 Å². The fraction of sp³-hybridized carbons (Fsp3) is 0.417. The van der Waals surface area contributed by atoms with Gasteiger partial charge in [0.15, 0.2) is 5.82 Å². The average molecular weight is 407 g/mol. The zero-order valence-corrected chi connectivity index (χ0v) is 17.5. The number of halogens is 1. The summed E-state index contributed by atoms with van der Waals surface area (Å²) < 4.78 is 2.37. The summed E-state index contributed by atoms with van der Waals surface area (Å²) in [5.74, 6) is 2.68. The highest BCUT2D eigenvalue weighted by atomic mass is 35.5. The second-order valence-electron chi connectivity index (χ2n) is 8.29. The second-order valence-corrected chi connectivity index (χ2v) is 8.73. The summed E-state index contributed by atoms with van der Waals surface area (Å²) in [7, 11) is 0. The van der Waals surface area contributed by atoms with E-state index in [2.05, 4.69) is 62.1 Å². The molecule has 1 saturated heterocycles. The van der Waals surface area contributed by atoms with Crippen molar-refractivity contribution in [3.63, 3.8) is 0 Å². The molecule has 0 N–H and O–H groups in total. The van der Waals surface area contributed by atoms with Crippen molar-refractivity contribution < 1.29 is 0 Å². The van der Waals surface area contributed by atoms with Crippen molar-refractivity contribution >= 4 is 11.6 Å².